The predicted molar refractivity (Wildman–Crippen MR) is 86.1 cm³/mol. The van der Waals surface area contributed by atoms with Crippen molar-refractivity contribution in [1.29, 1.82) is 0 Å². The number of sulfonamides is 1. The summed E-state index contributed by atoms with van der Waals surface area (Å²) >= 11 is 6.01. The van der Waals surface area contributed by atoms with Gasteiger partial charge < -0.3 is 5.73 Å². The molecule has 0 radical (unpaired) electrons. The van der Waals surface area contributed by atoms with Crippen LogP contribution in [0.2, 0.25) is 5.02 Å². The van der Waals surface area contributed by atoms with Gasteiger partial charge in [-0.3, -0.25) is 4.72 Å². The first-order chi connectivity index (χ1) is 9.83. The van der Waals surface area contributed by atoms with Crippen molar-refractivity contribution in [2.45, 2.75) is 25.3 Å². The summed E-state index contributed by atoms with van der Waals surface area (Å²) in [5.41, 5.74) is 8.71. The van der Waals surface area contributed by atoms with E-state index in [2.05, 4.69) is 4.72 Å². The van der Waals surface area contributed by atoms with Crippen LogP contribution in [0, 0.1) is 13.8 Å². The van der Waals surface area contributed by atoms with Crippen LogP contribution >= 0.6 is 11.6 Å². The number of nitrogens with one attached hydrogen (secondary N) is 1. The van der Waals surface area contributed by atoms with Crippen molar-refractivity contribution in [3.05, 3.63) is 58.1 Å². The Balaban J connectivity index is 2.43. The molecular weight excluding hydrogens is 308 g/mol. The highest BCUT2D eigenvalue weighted by Gasteiger charge is 2.19. The Bertz CT molecular complexity index is 773. The van der Waals surface area contributed by atoms with E-state index >= 15 is 0 Å². The van der Waals surface area contributed by atoms with Crippen molar-refractivity contribution >= 4 is 27.3 Å². The highest BCUT2D eigenvalue weighted by Crippen LogP contribution is 2.26. The SMILES string of the molecule is Cc1ccc(NS(=O)(=O)c2cc(CN)ccc2Cl)c(C)c1. The molecule has 0 aromatic heterocycles. The van der Waals surface area contributed by atoms with Gasteiger partial charge in [-0.25, -0.2) is 8.42 Å². The lowest BCUT2D eigenvalue weighted by Crippen LogP contribution is -2.15. The summed E-state index contributed by atoms with van der Waals surface area (Å²) in [5.74, 6) is 0. The second-order valence-electron chi connectivity index (χ2n) is 4.89. The molecule has 0 heterocycles. The van der Waals surface area contributed by atoms with Crippen LogP contribution in [0.1, 0.15) is 16.7 Å². The maximum atomic E-state index is 12.5. The summed E-state index contributed by atoms with van der Waals surface area (Å²) in [4.78, 5) is 0.0343. The Morgan fingerprint density at radius 2 is 1.86 bits per heavy atom. The summed E-state index contributed by atoms with van der Waals surface area (Å²) in [6.07, 6.45) is 0. The molecule has 2 aromatic carbocycles. The van der Waals surface area contributed by atoms with Crippen molar-refractivity contribution in [2.24, 2.45) is 5.73 Å². The fourth-order valence-electron chi connectivity index (χ4n) is 2.01. The molecule has 0 fully saturated rings. The number of hydrogen-bond donors (Lipinski definition) is 2. The molecule has 0 aliphatic rings. The van der Waals surface area contributed by atoms with Crippen molar-refractivity contribution in [3.63, 3.8) is 0 Å². The number of nitrogens with two attached hydrogens (primary N) is 1. The maximum Gasteiger partial charge on any atom is 0.263 e. The molecule has 6 heteroatoms. The monoisotopic (exact) mass is 324 g/mol. The molecule has 0 saturated carbocycles. The summed E-state index contributed by atoms with van der Waals surface area (Å²) in [5, 5.41) is 0.171. The fourth-order valence-corrected chi connectivity index (χ4v) is 3.69. The van der Waals surface area contributed by atoms with E-state index in [1.165, 1.54) is 6.07 Å². The summed E-state index contributed by atoms with van der Waals surface area (Å²) in [6, 6.07) is 10.2. The predicted octanol–water partition coefficient (Wildman–Crippen LogP) is 3.22. The van der Waals surface area contributed by atoms with Gasteiger partial charge in [0.25, 0.3) is 10.0 Å². The second-order valence-corrected chi connectivity index (χ2v) is 6.95. The number of rotatable bonds is 4. The molecule has 4 nitrogen and oxygen atoms in total. The smallest absolute Gasteiger partial charge is 0.263 e. The Hall–Kier alpha value is -1.56. The van der Waals surface area contributed by atoms with Gasteiger partial charge in [0, 0.05) is 6.54 Å². The molecule has 0 aliphatic carbocycles. The highest BCUT2D eigenvalue weighted by molar-refractivity contribution is 7.92. The first-order valence-corrected chi connectivity index (χ1v) is 8.28. The maximum absolute atomic E-state index is 12.5. The molecule has 3 N–H and O–H groups in total. The van der Waals surface area contributed by atoms with E-state index < -0.39 is 10.0 Å². The Kier molecular flexibility index (Phi) is 4.56. The lowest BCUT2D eigenvalue weighted by molar-refractivity contribution is 0.601. The normalized spacial score (nSPS) is 11.4. The van der Waals surface area contributed by atoms with Crippen LogP contribution in [0.15, 0.2) is 41.3 Å². The van der Waals surface area contributed by atoms with Crippen LogP contribution in [0.5, 0.6) is 0 Å². The van der Waals surface area contributed by atoms with Gasteiger partial charge in [-0.1, -0.05) is 35.4 Å². The summed E-state index contributed by atoms with van der Waals surface area (Å²) in [7, 11) is -3.75. The third-order valence-corrected chi connectivity index (χ3v) is 4.99. The number of hydrogen-bond acceptors (Lipinski definition) is 3. The standard InChI is InChI=1S/C15H17ClN2O2S/c1-10-3-6-14(11(2)7-10)18-21(19,20)15-8-12(9-17)4-5-13(15)16/h3-8,18H,9,17H2,1-2H3. The minimum atomic E-state index is -3.75. The molecule has 21 heavy (non-hydrogen) atoms. The van der Waals surface area contributed by atoms with Gasteiger partial charge in [0.15, 0.2) is 0 Å². The van der Waals surface area contributed by atoms with Crippen LogP contribution < -0.4 is 10.5 Å². The zero-order valence-electron chi connectivity index (χ0n) is 11.9. The van der Waals surface area contributed by atoms with Crippen molar-refractivity contribution in [1.82, 2.24) is 0 Å². The molecule has 0 bridgehead atoms. The largest absolute Gasteiger partial charge is 0.326 e. The first-order valence-electron chi connectivity index (χ1n) is 6.42. The second kappa shape index (κ2) is 6.05. The average molecular weight is 325 g/mol. The van der Waals surface area contributed by atoms with E-state index in [0.717, 1.165) is 11.1 Å². The molecule has 0 unspecified atom stereocenters. The van der Waals surface area contributed by atoms with Gasteiger partial charge in [0.1, 0.15) is 4.90 Å². The quantitative estimate of drug-likeness (QED) is 0.907. The molecular formula is C15H17ClN2O2S. The number of benzene rings is 2. The van der Waals surface area contributed by atoms with E-state index in [9.17, 15) is 8.42 Å². The van der Waals surface area contributed by atoms with Gasteiger partial charge >= 0.3 is 0 Å². The van der Waals surface area contributed by atoms with Crippen molar-refractivity contribution in [3.8, 4) is 0 Å². The van der Waals surface area contributed by atoms with Crippen molar-refractivity contribution in [2.75, 3.05) is 4.72 Å². The highest BCUT2D eigenvalue weighted by atomic mass is 35.5. The molecule has 112 valence electrons. The zero-order chi connectivity index (χ0) is 15.6. The molecule has 0 saturated heterocycles. The summed E-state index contributed by atoms with van der Waals surface area (Å²) in [6.45, 7) is 4.05. The van der Waals surface area contributed by atoms with Gasteiger partial charge in [-0.2, -0.15) is 0 Å². The molecule has 2 rings (SSSR count). The van der Waals surface area contributed by atoms with Crippen LogP contribution in [-0.4, -0.2) is 8.42 Å². The Morgan fingerprint density at radius 3 is 2.48 bits per heavy atom. The minimum Gasteiger partial charge on any atom is -0.326 e. The third kappa shape index (κ3) is 3.56. The number of halogens is 1. The van der Waals surface area contributed by atoms with E-state index in [4.69, 9.17) is 17.3 Å². The van der Waals surface area contributed by atoms with E-state index in [1.54, 1.807) is 18.2 Å². The first kappa shape index (κ1) is 15.8. The molecule has 2 aromatic rings. The molecule has 0 atom stereocenters. The third-order valence-electron chi connectivity index (χ3n) is 3.15. The van der Waals surface area contributed by atoms with Crippen LogP contribution in [-0.2, 0) is 16.6 Å². The van der Waals surface area contributed by atoms with Crippen LogP contribution in [0.3, 0.4) is 0 Å². The number of anilines is 1. The number of aryl methyl sites for hydroxylation is 2. The van der Waals surface area contributed by atoms with Crippen LogP contribution in [0.25, 0.3) is 0 Å². The summed E-state index contributed by atoms with van der Waals surface area (Å²) < 4.78 is 27.6. The molecule has 0 amide bonds. The van der Waals surface area contributed by atoms with Gasteiger partial charge in [0.05, 0.1) is 10.7 Å². The topological polar surface area (TPSA) is 72.2 Å². The Labute approximate surface area is 130 Å². The average Bonchev–Trinajstić information content (AvgIpc) is 2.42. The molecule has 0 spiro atoms. The van der Waals surface area contributed by atoms with Gasteiger partial charge in [0.2, 0.25) is 0 Å². The van der Waals surface area contributed by atoms with E-state index in [0.29, 0.717) is 11.3 Å². The lowest BCUT2D eigenvalue weighted by atomic mass is 10.1. The van der Waals surface area contributed by atoms with Crippen molar-refractivity contribution < 1.29 is 8.42 Å². The Morgan fingerprint density at radius 1 is 1.14 bits per heavy atom. The van der Waals surface area contributed by atoms with Gasteiger partial charge in [-0.05, 0) is 43.2 Å². The molecule has 0 aliphatic heterocycles. The fraction of sp³-hybridized carbons (Fsp3) is 0.200. The minimum absolute atomic E-state index is 0.0343. The van der Waals surface area contributed by atoms with Crippen LogP contribution in [0.4, 0.5) is 5.69 Å². The van der Waals surface area contributed by atoms with Gasteiger partial charge in [-0.15, -0.1) is 0 Å². The van der Waals surface area contributed by atoms with E-state index in [1.807, 2.05) is 26.0 Å². The zero-order valence-corrected chi connectivity index (χ0v) is 13.4. The van der Waals surface area contributed by atoms with E-state index in [-0.39, 0.29) is 16.5 Å². The lowest BCUT2D eigenvalue weighted by Gasteiger charge is -2.13.